The molecule has 2 heterocycles. The number of methoxy groups -OCH3 is 1. The lowest BCUT2D eigenvalue weighted by Gasteiger charge is -2.43. The normalized spacial score (nSPS) is 31.6. The first-order valence-corrected chi connectivity index (χ1v) is 6.68. The number of fused-ring (bicyclic) bond motifs is 1. The van der Waals surface area contributed by atoms with Crippen LogP contribution in [-0.4, -0.2) is 63.7 Å². The number of nitrogens with zero attached hydrogens (tertiary/aromatic N) is 1. The van der Waals surface area contributed by atoms with Crippen molar-refractivity contribution in [2.75, 3.05) is 13.7 Å². The number of carboxylic acids is 1. The summed E-state index contributed by atoms with van der Waals surface area (Å²) in [5, 5.41) is 11.5. The van der Waals surface area contributed by atoms with E-state index in [-0.39, 0.29) is 23.8 Å². The lowest BCUT2D eigenvalue weighted by molar-refractivity contribution is -0.161. The van der Waals surface area contributed by atoms with Crippen LogP contribution in [0.25, 0.3) is 0 Å². The monoisotopic (exact) mass is 288 g/mol. The summed E-state index contributed by atoms with van der Waals surface area (Å²) in [6.07, 6.45) is 0. The van der Waals surface area contributed by atoms with Crippen LogP contribution < -0.4 is 5.32 Å². The highest BCUT2D eigenvalue weighted by atomic mass is 32.2. The fraction of sp³-hybridized carbons (Fsp3) is 0.727. The third kappa shape index (κ3) is 2.18. The van der Waals surface area contributed by atoms with Gasteiger partial charge in [0.1, 0.15) is 24.1 Å². The Kier molecular flexibility index (Phi) is 3.48. The van der Waals surface area contributed by atoms with Gasteiger partial charge in [-0.2, -0.15) is 0 Å². The standard InChI is InChI=1S/C11H16N2O5S/c1-11(2)7(10(16)17)13-8(15)6(9(13)19-11)12-5(14)4-18-3/h6-7,9H,4H2,1-3H3,(H,12,14)(H,16,17)/t6-,7+,9-/m1/s1. The summed E-state index contributed by atoms with van der Waals surface area (Å²) < 4.78 is 4.11. The van der Waals surface area contributed by atoms with Crippen LogP contribution in [0, 0.1) is 0 Å². The average molecular weight is 288 g/mol. The first kappa shape index (κ1) is 14.1. The van der Waals surface area contributed by atoms with Gasteiger partial charge in [-0.15, -0.1) is 11.8 Å². The number of rotatable bonds is 4. The molecule has 3 atom stereocenters. The highest BCUT2D eigenvalue weighted by molar-refractivity contribution is 8.01. The zero-order chi connectivity index (χ0) is 14.4. The number of thioether (sulfide) groups is 1. The highest BCUT2D eigenvalue weighted by Crippen LogP contribution is 2.50. The molecule has 0 saturated carbocycles. The molecule has 2 rings (SSSR count). The molecule has 2 aliphatic rings. The van der Waals surface area contributed by atoms with E-state index in [4.69, 9.17) is 0 Å². The summed E-state index contributed by atoms with van der Waals surface area (Å²) in [6, 6.07) is -1.51. The molecule has 2 fully saturated rings. The first-order valence-electron chi connectivity index (χ1n) is 5.80. The topological polar surface area (TPSA) is 95.9 Å². The number of aliphatic carboxylic acids is 1. The number of hydrogen-bond acceptors (Lipinski definition) is 5. The molecule has 0 unspecified atom stereocenters. The molecule has 7 nitrogen and oxygen atoms in total. The van der Waals surface area contributed by atoms with Gasteiger partial charge in [0.25, 0.3) is 0 Å². The number of ether oxygens (including phenoxy) is 1. The van der Waals surface area contributed by atoms with Crippen LogP contribution in [0.15, 0.2) is 0 Å². The molecule has 0 radical (unpaired) electrons. The third-order valence-electron chi connectivity index (χ3n) is 3.27. The van der Waals surface area contributed by atoms with Crippen molar-refractivity contribution in [1.29, 1.82) is 0 Å². The van der Waals surface area contributed by atoms with Gasteiger partial charge in [-0.1, -0.05) is 0 Å². The van der Waals surface area contributed by atoms with Crippen LogP contribution in [0.1, 0.15) is 13.8 Å². The lowest BCUT2D eigenvalue weighted by atomic mass is 9.96. The van der Waals surface area contributed by atoms with Crippen molar-refractivity contribution in [1.82, 2.24) is 10.2 Å². The molecule has 0 aromatic heterocycles. The number of hydrogen-bond donors (Lipinski definition) is 2. The summed E-state index contributed by atoms with van der Waals surface area (Å²) in [4.78, 5) is 36.0. The van der Waals surface area contributed by atoms with E-state index in [0.29, 0.717) is 0 Å². The number of β-lactam (4-membered cyclic amide) rings is 1. The molecule has 0 aromatic carbocycles. The van der Waals surface area contributed by atoms with E-state index in [1.165, 1.54) is 23.8 Å². The van der Waals surface area contributed by atoms with Crippen molar-refractivity contribution >= 4 is 29.5 Å². The quantitative estimate of drug-likeness (QED) is 0.662. The average Bonchev–Trinajstić information content (AvgIpc) is 2.55. The molecule has 0 aromatic rings. The van der Waals surface area contributed by atoms with Crippen molar-refractivity contribution in [2.24, 2.45) is 0 Å². The molecule has 2 N–H and O–H groups in total. The number of amides is 2. The first-order chi connectivity index (χ1) is 8.79. The van der Waals surface area contributed by atoms with Crippen molar-refractivity contribution in [3.8, 4) is 0 Å². The Bertz CT molecular complexity index is 439. The maximum Gasteiger partial charge on any atom is 0.327 e. The van der Waals surface area contributed by atoms with E-state index in [1.54, 1.807) is 13.8 Å². The summed E-state index contributed by atoms with van der Waals surface area (Å²) in [6.45, 7) is 3.46. The van der Waals surface area contributed by atoms with E-state index >= 15 is 0 Å². The van der Waals surface area contributed by atoms with Crippen LogP contribution in [0.2, 0.25) is 0 Å². The summed E-state index contributed by atoms with van der Waals surface area (Å²) in [7, 11) is 1.39. The molecular formula is C11H16N2O5S. The lowest BCUT2D eigenvalue weighted by Crippen LogP contribution is -2.70. The Morgan fingerprint density at radius 3 is 2.68 bits per heavy atom. The zero-order valence-electron chi connectivity index (χ0n) is 10.9. The smallest absolute Gasteiger partial charge is 0.327 e. The minimum absolute atomic E-state index is 0.118. The van der Waals surface area contributed by atoms with E-state index in [1.807, 2.05) is 0 Å². The van der Waals surface area contributed by atoms with Crippen LogP contribution in [0.3, 0.4) is 0 Å². The Hall–Kier alpha value is -1.28. The van der Waals surface area contributed by atoms with Crippen LogP contribution in [0.4, 0.5) is 0 Å². The van der Waals surface area contributed by atoms with Gasteiger partial charge in [0, 0.05) is 11.9 Å². The molecule has 2 aliphatic heterocycles. The van der Waals surface area contributed by atoms with E-state index in [2.05, 4.69) is 10.1 Å². The van der Waals surface area contributed by atoms with Gasteiger partial charge in [-0.25, -0.2) is 4.79 Å². The fourth-order valence-electron chi connectivity index (χ4n) is 2.49. The van der Waals surface area contributed by atoms with Gasteiger partial charge in [-0.05, 0) is 13.8 Å². The van der Waals surface area contributed by atoms with E-state index in [0.717, 1.165) is 0 Å². The summed E-state index contributed by atoms with van der Waals surface area (Å²) >= 11 is 1.39. The number of carbonyl (C=O) groups excluding carboxylic acids is 2. The molecule has 19 heavy (non-hydrogen) atoms. The Labute approximate surface area is 114 Å². The minimum Gasteiger partial charge on any atom is -0.480 e. The molecule has 0 spiro atoms. The second-order valence-electron chi connectivity index (χ2n) is 5.08. The molecular weight excluding hydrogens is 272 g/mol. The van der Waals surface area contributed by atoms with Crippen LogP contribution in [0.5, 0.6) is 0 Å². The maximum atomic E-state index is 12.0. The van der Waals surface area contributed by atoms with Gasteiger partial charge in [0.2, 0.25) is 11.8 Å². The third-order valence-corrected chi connectivity index (χ3v) is 4.84. The molecule has 0 bridgehead atoms. The highest BCUT2D eigenvalue weighted by Gasteiger charge is 2.64. The zero-order valence-corrected chi connectivity index (χ0v) is 11.7. The number of carboxylic acid groups (broad SMARTS) is 1. The minimum atomic E-state index is -1.02. The molecule has 2 amide bonds. The van der Waals surface area contributed by atoms with Gasteiger partial charge < -0.3 is 20.1 Å². The second-order valence-corrected chi connectivity index (χ2v) is 6.85. The largest absolute Gasteiger partial charge is 0.480 e. The van der Waals surface area contributed by atoms with Gasteiger partial charge in [0.15, 0.2) is 0 Å². The number of carbonyl (C=O) groups is 3. The van der Waals surface area contributed by atoms with E-state index in [9.17, 15) is 19.5 Å². The van der Waals surface area contributed by atoms with Gasteiger partial charge >= 0.3 is 5.97 Å². The maximum absolute atomic E-state index is 12.0. The molecule has 106 valence electrons. The predicted molar refractivity (Wildman–Crippen MR) is 67.5 cm³/mol. The SMILES string of the molecule is COCC(=O)N[C@@H]1C(=O)N2[C@@H]1SC(C)(C)[C@@H]2C(=O)O. The van der Waals surface area contributed by atoms with Crippen LogP contribution >= 0.6 is 11.8 Å². The Balaban J connectivity index is 2.10. The summed E-state index contributed by atoms with van der Waals surface area (Å²) in [5.74, 6) is -1.74. The molecule has 8 heteroatoms. The number of nitrogens with one attached hydrogen (secondary N) is 1. The molecule has 2 saturated heterocycles. The fourth-order valence-corrected chi connectivity index (χ4v) is 4.12. The van der Waals surface area contributed by atoms with Crippen molar-refractivity contribution in [3.63, 3.8) is 0 Å². The van der Waals surface area contributed by atoms with Gasteiger partial charge in [-0.3, -0.25) is 9.59 Å². The molecule has 0 aliphatic carbocycles. The van der Waals surface area contributed by atoms with E-state index < -0.39 is 22.8 Å². The predicted octanol–water partition coefficient (Wildman–Crippen LogP) is -0.735. The van der Waals surface area contributed by atoms with Crippen molar-refractivity contribution in [2.45, 2.75) is 36.1 Å². The Morgan fingerprint density at radius 1 is 1.53 bits per heavy atom. The summed E-state index contributed by atoms with van der Waals surface area (Å²) in [5.41, 5.74) is 0. The van der Waals surface area contributed by atoms with Crippen molar-refractivity contribution in [3.05, 3.63) is 0 Å². The van der Waals surface area contributed by atoms with Crippen molar-refractivity contribution < 1.29 is 24.2 Å². The Morgan fingerprint density at radius 2 is 2.16 bits per heavy atom. The second kappa shape index (κ2) is 4.68. The van der Waals surface area contributed by atoms with Crippen LogP contribution in [-0.2, 0) is 19.1 Å². The van der Waals surface area contributed by atoms with Gasteiger partial charge in [0.05, 0.1) is 0 Å².